The van der Waals surface area contributed by atoms with Crippen LogP contribution in [0.1, 0.15) is 25.8 Å². The van der Waals surface area contributed by atoms with E-state index in [-0.39, 0.29) is 22.2 Å². The molecule has 1 aliphatic rings. The Hall–Kier alpha value is -2.83. The van der Waals surface area contributed by atoms with E-state index in [2.05, 4.69) is 10.6 Å². The first-order valence-corrected chi connectivity index (χ1v) is 9.78. The average molecular weight is 432 g/mol. The van der Waals surface area contributed by atoms with Crippen LogP contribution in [0.15, 0.2) is 48.2 Å². The Morgan fingerprint density at radius 2 is 1.66 bits per heavy atom. The third-order valence-electron chi connectivity index (χ3n) is 4.29. The van der Waals surface area contributed by atoms with Crippen molar-refractivity contribution in [2.24, 2.45) is 0 Å². The van der Waals surface area contributed by atoms with Gasteiger partial charge in [-0.2, -0.15) is 0 Å². The number of benzene rings is 2. The second-order valence-corrected chi connectivity index (χ2v) is 7.36. The highest BCUT2D eigenvalue weighted by Crippen LogP contribution is 2.35. The molecule has 0 aromatic heterocycles. The number of amides is 3. The molecule has 0 atom stereocenters. The van der Waals surface area contributed by atoms with Crippen LogP contribution in [0, 0.1) is 0 Å². The van der Waals surface area contributed by atoms with Crippen molar-refractivity contribution in [2.45, 2.75) is 20.3 Å². The molecule has 2 aromatic rings. The maximum Gasteiger partial charge on any atom is 0.278 e. The van der Waals surface area contributed by atoms with Crippen molar-refractivity contribution in [1.82, 2.24) is 4.90 Å². The van der Waals surface area contributed by atoms with Crippen molar-refractivity contribution in [2.75, 3.05) is 17.2 Å². The smallest absolute Gasteiger partial charge is 0.278 e. The van der Waals surface area contributed by atoms with Crippen LogP contribution in [-0.2, 0) is 14.4 Å². The van der Waals surface area contributed by atoms with Crippen molar-refractivity contribution in [1.29, 1.82) is 0 Å². The Bertz CT molecular complexity index is 1020. The summed E-state index contributed by atoms with van der Waals surface area (Å²) in [5.74, 6) is -0.998. The minimum absolute atomic E-state index is 0.153. The average Bonchev–Trinajstić information content (AvgIpc) is 2.88. The van der Waals surface area contributed by atoms with Gasteiger partial charge in [-0.05, 0) is 42.8 Å². The van der Waals surface area contributed by atoms with Crippen LogP contribution in [-0.4, -0.2) is 29.2 Å². The first kappa shape index (κ1) is 20.9. The van der Waals surface area contributed by atoms with Crippen molar-refractivity contribution in [3.63, 3.8) is 0 Å². The second-order valence-electron chi connectivity index (χ2n) is 6.52. The van der Waals surface area contributed by atoms with Gasteiger partial charge in [0.25, 0.3) is 11.8 Å². The highest BCUT2D eigenvalue weighted by atomic mass is 35.5. The normalized spacial score (nSPS) is 13.9. The third-order valence-corrected chi connectivity index (χ3v) is 4.84. The highest BCUT2D eigenvalue weighted by molar-refractivity contribution is 6.41. The van der Waals surface area contributed by atoms with Gasteiger partial charge in [0.2, 0.25) is 5.91 Å². The maximum absolute atomic E-state index is 13.0. The number of halogens is 2. The minimum atomic E-state index is -0.413. The van der Waals surface area contributed by atoms with Gasteiger partial charge in [-0.3, -0.25) is 19.3 Å². The summed E-state index contributed by atoms with van der Waals surface area (Å²) >= 11 is 12.3. The lowest BCUT2D eigenvalue weighted by molar-refractivity contribution is -0.136. The van der Waals surface area contributed by atoms with E-state index >= 15 is 0 Å². The zero-order chi connectivity index (χ0) is 21.1. The van der Waals surface area contributed by atoms with E-state index in [1.165, 1.54) is 17.9 Å². The maximum atomic E-state index is 13.0. The van der Waals surface area contributed by atoms with Gasteiger partial charge in [-0.15, -0.1) is 0 Å². The lowest BCUT2D eigenvalue weighted by Gasteiger charge is -2.14. The summed E-state index contributed by atoms with van der Waals surface area (Å²) in [5.41, 5.74) is 2.01. The van der Waals surface area contributed by atoms with Gasteiger partial charge in [0.05, 0.1) is 10.6 Å². The summed E-state index contributed by atoms with van der Waals surface area (Å²) < 4.78 is 0. The first-order valence-electron chi connectivity index (χ1n) is 9.02. The van der Waals surface area contributed by atoms with E-state index in [1.54, 1.807) is 36.4 Å². The Morgan fingerprint density at radius 3 is 2.24 bits per heavy atom. The largest absolute Gasteiger partial charge is 0.350 e. The van der Waals surface area contributed by atoms with E-state index in [0.29, 0.717) is 34.9 Å². The molecule has 29 heavy (non-hydrogen) atoms. The summed E-state index contributed by atoms with van der Waals surface area (Å²) in [4.78, 5) is 38.3. The molecular formula is C21H19Cl2N3O3. The van der Waals surface area contributed by atoms with E-state index in [4.69, 9.17) is 23.2 Å². The van der Waals surface area contributed by atoms with Gasteiger partial charge in [-0.1, -0.05) is 36.2 Å². The van der Waals surface area contributed by atoms with Gasteiger partial charge >= 0.3 is 0 Å². The second kappa shape index (κ2) is 8.68. The summed E-state index contributed by atoms with van der Waals surface area (Å²) in [6.45, 7) is 3.62. The fourth-order valence-electron chi connectivity index (χ4n) is 3.05. The van der Waals surface area contributed by atoms with E-state index < -0.39 is 11.8 Å². The molecule has 1 aliphatic heterocycles. The van der Waals surface area contributed by atoms with Crippen molar-refractivity contribution in [3.8, 4) is 0 Å². The number of imide groups is 1. The van der Waals surface area contributed by atoms with Crippen LogP contribution in [0.3, 0.4) is 0 Å². The monoisotopic (exact) mass is 431 g/mol. The van der Waals surface area contributed by atoms with E-state index in [9.17, 15) is 14.4 Å². The lowest BCUT2D eigenvalue weighted by atomic mass is 10.0. The molecule has 2 N–H and O–H groups in total. The predicted octanol–water partition coefficient (Wildman–Crippen LogP) is 4.55. The highest BCUT2D eigenvalue weighted by Gasteiger charge is 2.39. The van der Waals surface area contributed by atoms with E-state index in [1.807, 2.05) is 6.92 Å². The fraction of sp³-hybridized carbons (Fsp3) is 0.190. The zero-order valence-corrected chi connectivity index (χ0v) is 17.4. The molecule has 0 spiro atoms. The Labute approximate surface area is 178 Å². The Balaban J connectivity index is 2.02. The number of nitrogens with zero attached hydrogens (tertiary/aromatic N) is 1. The van der Waals surface area contributed by atoms with Crippen LogP contribution in [0.4, 0.5) is 11.4 Å². The summed E-state index contributed by atoms with van der Waals surface area (Å²) in [6, 6.07) is 11.6. The third kappa shape index (κ3) is 4.44. The molecular weight excluding hydrogens is 413 g/mol. The molecule has 0 bridgehead atoms. The quantitative estimate of drug-likeness (QED) is 0.657. The summed E-state index contributed by atoms with van der Waals surface area (Å²) in [5, 5.41) is 6.44. The van der Waals surface area contributed by atoms with Crippen LogP contribution in [0.25, 0.3) is 5.57 Å². The molecule has 0 aliphatic carbocycles. The Kier molecular flexibility index (Phi) is 6.25. The van der Waals surface area contributed by atoms with E-state index in [0.717, 1.165) is 0 Å². The van der Waals surface area contributed by atoms with Gasteiger partial charge in [0.15, 0.2) is 0 Å². The number of hydrogen-bond donors (Lipinski definition) is 2. The van der Waals surface area contributed by atoms with Crippen LogP contribution in [0.2, 0.25) is 10.0 Å². The summed E-state index contributed by atoms with van der Waals surface area (Å²) in [6.07, 6.45) is 0.637. The lowest BCUT2D eigenvalue weighted by Crippen LogP contribution is -2.33. The molecule has 2 aromatic carbocycles. The number of rotatable bonds is 6. The number of anilines is 2. The van der Waals surface area contributed by atoms with Crippen molar-refractivity contribution >= 4 is 57.9 Å². The molecule has 1 heterocycles. The zero-order valence-electron chi connectivity index (χ0n) is 15.9. The molecule has 150 valence electrons. The number of nitrogens with one attached hydrogen (secondary N) is 2. The Morgan fingerprint density at radius 1 is 1.00 bits per heavy atom. The van der Waals surface area contributed by atoms with Crippen LogP contribution in [0.5, 0.6) is 0 Å². The summed E-state index contributed by atoms with van der Waals surface area (Å²) in [7, 11) is 0. The minimum Gasteiger partial charge on any atom is -0.350 e. The first-order chi connectivity index (χ1) is 13.8. The molecule has 6 nitrogen and oxygen atoms in total. The van der Waals surface area contributed by atoms with Gasteiger partial charge in [-0.25, -0.2) is 0 Å². The molecule has 0 saturated heterocycles. The number of carbonyl (C=O) groups excluding carboxylic acids is 3. The van der Waals surface area contributed by atoms with Crippen molar-refractivity contribution in [3.05, 3.63) is 63.8 Å². The van der Waals surface area contributed by atoms with Crippen molar-refractivity contribution < 1.29 is 14.4 Å². The van der Waals surface area contributed by atoms with Crippen LogP contribution < -0.4 is 10.6 Å². The molecule has 0 saturated carbocycles. The fourth-order valence-corrected chi connectivity index (χ4v) is 3.55. The molecule has 0 fully saturated rings. The predicted molar refractivity (Wildman–Crippen MR) is 115 cm³/mol. The molecule has 0 radical (unpaired) electrons. The molecule has 3 rings (SSSR count). The number of carbonyl (C=O) groups is 3. The molecule has 3 amide bonds. The van der Waals surface area contributed by atoms with Gasteiger partial charge < -0.3 is 10.6 Å². The molecule has 8 heteroatoms. The number of hydrogen-bond acceptors (Lipinski definition) is 4. The standard InChI is InChI=1S/C21H19Cl2N3O3/c1-3-10-26-20(28)18(16-9-4-13(22)11-17(16)23)19(21(26)29)25-15-7-5-14(6-8-15)24-12(2)27/h4-9,11,25H,3,10H2,1-2H3,(H,24,27). The molecule has 0 unspecified atom stereocenters. The van der Waals surface area contributed by atoms with Gasteiger partial charge in [0.1, 0.15) is 5.70 Å². The SMILES string of the molecule is CCCN1C(=O)C(Nc2ccc(NC(C)=O)cc2)=C(c2ccc(Cl)cc2Cl)C1=O. The topological polar surface area (TPSA) is 78.5 Å². The van der Waals surface area contributed by atoms with Crippen LogP contribution >= 0.6 is 23.2 Å². The van der Waals surface area contributed by atoms with Gasteiger partial charge in [0, 0.05) is 35.4 Å².